The molecule has 2 N–H and O–H groups in total. The molecule has 1 aliphatic carbocycles. The molecule has 1 amide bonds. The van der Waals surface area contributed by atoms with Gasteiger partial charge in [-0.2, -0.15) is 0 Å². The van der Waals surface area contributed by atoms with Crippen LogP contribution in [0.2, 0.25) is 0 Å². The van der Waals surface area contributed by atoms with Gasteiger partial charge in [0, 0.05) is 19.6 Å². The number of carbonyl (C=O) groups excluding carboxylic acids is 1. The molecule has 2 atom stereocenters. The first-order chi connectivity index (χ1) is 8.65. The van der Waals surface area contributed by atoms with Gasteiger partial charge in [0.2, 0.25) is 5.91 Å². The van der Waals surface area contributed by atoms with Gasteiger partial charge in [-0.25, -0.2) is 0 Å². The number of rotatable bonds is 3. The molecule has 2 unspecified atom stereocenters. The standard InChI is InChI=1S/C15H22N2O.ClH/c1-11(10-16)17(2)15(18)14-9-5-7-12-6-3-4-8-13(12)14;/h3-4,6,8,11,14H,5,7,9-10,16H2,1-2H3;1H. The van der Waals surface area contributed by atoms with Crippen LogP contribution in [-0.2, 0) is 11.2 Å². The topological polar surface area (TPSA) is 46.3 Å². The van der Waals surface area contributed by atoms with Crippen LogP contribution in [0.1, 0.15) is 36.8 Å². The summed E-state index contributed by atoms with van der Waals surface area (Å²) >= 11 is 0. The third-order valence-electron chi connectivity index (χ3n) is 4.02. The van der Waals surface area contributed by atoms with Crippen molar-refractivity contribution in [2.45, 2.75) is 38.1 Å². The number of nitrogens with zero attached hydrogens (tertiary/aromatic N) is 1. The number of fused-ring (bicyclic) bond motifs is 1. The van der Waals surface area contributed by atoms with Gasteiger partial charge in [-0.15, -0.1) is 12.4 Å². The Labute approximate surface area is 121 Å². The lowest BCUT2D eigenvalue weighted by Crippen LogP contribution is -2.42. The van der Waals surface area contributed by atoms with Crippen LogP contribution in [0, 0.1) is 0 Å². The van der Waals surface area contributed by atoms with Crippen molar-refractivity contribution in [3.05, 3.63) is 35.4 Å². The molecular weight excluding hydrogens is 260 g/mol. The van der Waals surface area contributed by atoms with E-state index in [-0.39, 0.29) is 30.3 Å². The quantitative estimate of drug-likeness (QED) is 0.925. The lowest BCUT2D eigenvalue weighted by molar-refractivity contribution is -0.133. The van der Waals surface area contributed by atoms with Gasteiger partial charge in [-0.05, 0) is 37.3 Å². The number of aryl methyl sites for hydroxylation is 1. The van der Waals surface area contributed by atoms with E-state index < -0.39 is 0 Å². The number of benzene rings is 1. The number of amides is 1. The number of likely N-dealkylation sites (N-methyl/N-ethyl adjacent to an activating group) is 1. The van der Waals surface area contributed by atoms with Gasteiger partial charge in [0.1, 0.15) is 0 Å². The molecule has 19 heavy (non-hydrogen) atoms. The van der Waals surface area contributed by atoms with E-state index in [0.717, 1.165) is 19.3 Å². The monoisotopic (exact) mass is 282 g/mol. The molecule has 0 saturated carbocycles. The molecule has 0 bridgehead atoms. The predicted molar refractivity (Wildman–Crippen MR) is 80.7 cm³/mol. The summed E-state index contributed by atoms with van der Waals surface area (Å²) in [4.78, 5) is 14.3. The van der Waals surface area contributed by atoms with Gasteiger partial charge in [-0.1, -0.05) is 24.3 Å². The molecule has 2 rings (SSSR count). The van der Waals surface area contributed by atoms with Crippen molar-refractivity contribution in [2.24, 2.45) is 5.73 Å². The van der Waals surface area contributed by atoms with Crippen LogP contribution in [0.4, 0.5) is 0 Å². The minimum absolute atomic E-state index is 0. The predicted octanol–water partition coefficient (Wildman–Crippen LogP) is 2.33. The van der Waals surface area contributed by atoms with Gasteiger partial charge >= 0.3 is 0 Å². The minimum atomic E-state index is 0. The van der Waals surface area contributed by atoms with E-state index in [0.29, 0.717) is 6.54 Å². The Morgan fingerprint density at radius 3 is 2.84 bits per heavy atom. The van der Waals surface area contributed by atoms with E-state index in [1.807, 2.05) is 20.0 Å². The highest BCUT2D eigenvalue weighted by atomic mass is 35.5. The van der Waals surface area contributed by atoms with E-state index in [1.165, 1.54) is 11.1 Å². The van der Waals surface area contributed by atoms with Crippen LogP contribution in [-0.4, -0.2) is 30.4 Å². The summed E-state index contributed by atoms with van der Waals surface area (Å²) in [7, 11) is 1.86. The molecule has 0 radical (unpaired) electrons. The zero-order valence-corrected chi connectivity index (χ0v) is 12.5. The lowest BCUT2D eigenvalue weighted by Gasteiger charge is -2.31. The Kier molecular flexibility index (Phi) is 5.83. The minimum Gasteiger partial charge on any atom is -0.341 e. The molecule has 3 nitrogen and oxygen atoms in total. The van der Waals surface area contributed by atoms with Crippen molar-refractivity contribution in [1.29, 1.82) is 0 Å². The highest BCUT2D eigenvalue weighted by Crippen LogP contribution is 2.32. The molecule has 0 saturated heterocycles. The van der Waals surface area contributed by atoms with Crippen molar-refractivity contribution in [2.75, 3.05) is 13.6 Å². The Bertz CT molecular complexity index is 436. The SMILES string of the molecule is CC(CN)N(C)C(=O)C1CCCc2ccccc21.Cl. The average Bonchev–Trinajstić information content (AvgIpc) is 2.44. The summed E-state index contributed by atoms with van der Waals surface area (Å²) in [5.41, 5.74) is 8.18. The third kappa shape index (κ3) is 3.28. The maximum Gasteiger partial charge on any atom is 0.230 e. The molecule has 4 heteroatoms. The Morgan fingerprint density at radius 1 is 1.47 bits per heavy atom. The Hall–Kier alpha value is -1.06. The van der Waals surface area contributed by atoms with Crippen LogP contribution >= 0.6 is 12.4 Å². The molecule has 0 aliphatic heterocycles. The first kappa shape index (κ1) is 16.0. The summed E-state index contributed by atoms with van der Waals surface area (Å²) < 4.78 is 0. The number of carbonyl (C=O) groups is 1. The Balaban J connectivity index is 0.00000180. The van der Waals surface area contributed by atoms with Crippen molar-refractivity contribution >= 4 is 18.3 Å². The fraction of sp³-hybridized carbons (Fsp3) is 0.533. The van der Waals surface area contributed by atoms with Crippen LogP contribution in [0.25, 0.3) is 0 Å². The number of nitrogens with two attached hydrogens (primary N) is 1. The normalized spacial score (nSPS) is 19.0. The van der Waals surface area contributed by atoms with Gasteiger partial charge < -0.3 is 10.6 Å². The fourth-order valence-electron chi connectivity index (χ4n) is 2.63. The summed E-state index contributed by atoms with van der Waals surface area (Å²) in [6.07, 6.45) is 3.14. The number of hydrogen-bond donors (Lipinski definition) is 1. The fourth-order valence-corrected chi connectivity index (χ4v) is 2.63. The van der Waals surface area contributed by atoms with E-state index in [1.54, 1.807) is 4.90 Å². The van der Waals surface area contributed by atoms with Gasteiger partial charge in [-0.3, -0.25) is 4.79 Å². The van der Waals surface area contributed by atoms with E-state index >= 15 is 0 Å². The average molecular weight is 283 g/mol. The van der Waals surface area contributed by atoms with E-state index in [2.05, 4.69) is 18.2 Å². The zero-order chi connectivity index (χ0) is 13.1. The first-order valence-electron chi connectivity index (χ1n) is 6.69. The second-order valence-electron chi connectivity index (χ2n) is 5.18. The van der Waals surface area contributed by atoms with Crippen molar-refractivity contribution in [3.63, 3.8) is 0 Å². The molecule has 106 valence electrons. The lowest BCUT2D eigenvalue weighted by atomic mass is 9.82. The van der Waals surface area contributed by atoms with E-state index in [9.17, 15) is 4.79 Å². The molecule has 0 aromatic heterocycles. The molecule has 0 fully saturated rings. The van der Waals surface area contributed by atoms with Crippen LogP contribution in [0.3, 0.4) is 0 Å². The first-order valence-corrected chi connectivity index (χ1v) is 6.69. The number of halogens is 1. The maximum atomic E-state index is 12.5. The van der Waals surface area contributed by atoms with Crippen LogP contribution in [0.15, 0.2) is 24.3 Å². The second-order valence-corrected chi connectivity index (χ2v) is 5.18. The smallest absolute Gasteiger partial charge is 0.230 e. The molecule has 1 aromatic carbocycles. The summed E-state index contributed by atoms with van der Waals surface area (Å²) in [5, 5.41) is 0. The summed E-state index contributed by atoms with van der Waals surface area (Å²) in [6, 6.07) is 8.42. The van der Waals surface area contributed by atoms with Crippen molar-refractivity contribution in [3.8, 4) is 0 Å². The number of hydrogen-bond acceptors (Lipinski definition) is 2. The van der Waals surface area contributed by atoms with Crippen LogP contribution < -0.4 is 5.73 Å². The van der Waals surface area contributed by atoms with Crippen molar-refractivity contribution in [1.82, 2.24) is 4.90 Å². The van der Waals surface area contributed by atoms with Gasteiger partial charge in [0.15, 0.2) is 0 Å². The second kappa shape index (κ2) is 6.92. The molecule has 0 spiro atoms. The van der Waals surface area contributed by atoms with Crippen molar-refractivity contribution < 1.29 is 4.79 Å². The van der Waals surface area contributed by atoms with Gasteiger partial charge in [0.05, 0.1) is 5.92 Å². The molecule has 0 heterocycles. The highest BCUT2D eigenvalue weighted by molar-refractivity contribution is 5.85. The maximum absolute atomic E-state index is 12.5. The highest BCUT2D eigenvalue weighted by Gasteiger charge is 2.29. The van der Waals surface area contributed by atoms with Crippen LogP contribution in [0.5, 0.6) is 0 Å². The van der Waals surface area contributed by atoms with Gasteiger partial charge in [0.25, 0.3) is 0 Å². The molecule has 1 aromatic rings. The zero-order valence-electron chi connectivity index (χ0n) is 11.6. The van der Waals surface area contributed by atoms with E-state index in [4.69, 9.17) is 5.73 Å². The third-order valence-corrected chi connectivity index (χ3v) is 4.02. The summed E-state index contributed by atoms with van der Waals surface area (Å²) in [5.74, 6) is 0.231. The molecular formula is C15H23ClN2O. The summed E-state index contributed by atoms with van der Waals surface area (Å²) in [6.45, 7) is 2.50. The largest absolute Gasteiger partial charge is 0.341 e. The molecule has 1 aliphatic rings. The Morgan fingerprint density at radius 2 is 2.16 bits per heavy atom.